The zero-order valence-electron chi connectivity index (χ0n) is 18.2. The number of aromatic nitrogens is 4. The molecule has 0 saturated carbocycles. The summed E-state index contributed by atoms with van der Waals surface area (Å²) in [6.45, 7) is 3.34. The Morgan fingerprint density at radius 1 is 1.15 bits per heavy atom. The summed E-state index contributed by atoms with van der Waals surface area (Å²) in [5.41, 5.74) is 5.57. The van der Waals surface area contributed by atoms with Crippen LogP contribution in [0.5, 0.6) is 0 Å². The number of anilines is 1. The van der Waals surface area contributed by atoms with Crippen molar-refractivity contribution in [1.82, 2.24) is 19.1 Å². The van der Waals surface area contributed by atoms with E-state index in [9.17, 15) is 9.18 Å². The highest BCUT2D eigenvalue weighted by Gasteiger charge is 2.19. The van der Waals surface area contributed by atoms with E-state index in [0.717, 1.165) is 58.4 Å². The monoisotopic (exact) mass is 439 g/mol. The molecular weight excluding hydrogens is 417 g/mol. The van der Waals surface area contributed by atoms with Gasteiger partial charge in [0, 0.05) is 30.4 Å². The Morgan fingerprint density at radius 2 is 2.06 bits per heavy atom. The van der Waals surface area contributed by atoms with Crippen LogP contribution < -0.4 is 5.32 Å². The number of pyridine rings is 1. The zero-order chi connectivity index (χ0) is 22.5. The van der Waals surface area contributed by atoms with Crippen LogP contribution >= 0.6 is 0 Å². The molecule has 1 amide bonds. The molecule has 2 aromatic carbocycles. The minimum Gasteiger partial charge on any atom is -0.332 e. The fourth-order valence-electron chi connectivity index (χ4n) is 4.68. The Morgan fingerprint density at radius 3 is 2.94 bits per heavy atom. The molecule has 164 valence electrons. The predicted molar refractivity (Wildman–Crippen MR) is 126 cm³/mol. The van der Waals surface area contributed by atoms with E-state index in [-0.39, 0.29) is 11.7 Å². The molecule has 0 bridgehead atoms. The molecule has 1 aliphatic rings. The Labute approximate surface area is 189 Å². The summed E-state index contributed by atoms with van der Waals surface area (Å²) in [4.78, 5) is 22.6. The van der Waals surface area contributed by atoms with Crippen molar-refractivity contribution in [3.8, 4) is 0 Å². The lowest BCUT2D eigenvalue weighted by Crippen LogP contribution is -2.17. The zero-order valence-corrected chi connectivity index (χ0v) is 18.2. The average molecular weight is 439 g/mol. The van der Waals surface area contributed by atoms with Crippen LogP contribution in [0.15, 0.2) is 60.8 Å². The third-order valence-corrected chi connectivity index (χ3v) is 6.23. The summed E-state index contributed by atoms with van der Waals surface area (Å²) >= 11 is 0. The van der Waals surface area contributed by atoms with Crippen molar-refractivity contribution < 1.29 is 9.18 Å². The first-order chi connectivity index (χ1) is 16.0. The van der Waals surface area contributed by atoms with Crippen LogP contribution in [0.25, 0.3) is 22.1 Å². The topological polar surface area (TPSA) is 64.7 Å². The number of carbonyl (C=O) groups is 1. The minimum atomic E-state index is -0.294. The van der Waals surface area contributed by atoms with Gasteiger partial charge in [-0.15, -0.1) is 0 Å². The highest BCUT2D eigenvalue weighted by Crippen LogP contribution is 2.26. The van der Waals surface area contributed by atoms with Crippen molar-refractivity contribution in [2.45, 2.75) is 32.9 Å². The molecule has 4 heterocycles. The second-order valence-corrected chi connectivity index (χ2v) is 8.61. The maximum absolute atomic E-state index is 13.8. The fourth-order valence-corrected chi connectivity index (χ4v) is 4.68. The molecule has 0 aliphatic carbocycles. The number of nitrogens with one attached hydrogen (secondary N) is 1. The molecule has 0 radical (unpaired) electrons. The Bertz CT molecular complexity index is 1550. The predicted octanol–water partition coefficient (Wildman–Crippen LogP) is 5.08. The number of imidazole rings is 1. The molecule has 1 N–H and O–H groups in total. The first kappa shape index (κ1) is 19.7. The maximum atomic E-state index is 13.8. The number of amides is 1. The van der Waals surface area contributed by atoms with E-state index >= 15 is 0 Å². The number of carbonyl (C=O) groups excluding carboxylic acids is 1. The van der Waals surface area contributed by atoms with Gasteiger partial charge in [0.05, 0.1) is 11.9 Å². The molecule has 5 aromatic rings. The van der Waals surface area contributed by atoms with Crippen molar-refractivity contribution in [2.75, 3.05) is 5.32 Å². The Balaban J connectivity index is 1.37. The molecule has 6 rings (SSSR count). The summed E-state index contributed by atoms with van der Waals surface area (Å²) in [7, 11) is 0. The highest BCUT2D eigenvalue weighted by molar-refractivity contribution is 6.07. The Hall–Kier alpha value is -4.00. The van der Waals surface area contributed by atoms with Gasteiger partial charge in [-0.2, -0.15) is 0 Å². The maximum Gasteiger partial charge on any atom is 0.272 e. The lowest BCUT2D eigenvalue weighted by atomic mass is 10.2. The summed E-state index contributed by atoms with van der Waals surface area (Å²) < 4.78 is 17.9. The van der Waals surface area contributed by atoms with Crippen molar-refractivity contribution >= 4 is 33.7 Å². The van der Waals surface area contributed by atoms with Gasteiger partial charge < -0.3 is 14.5 Å². The molecule has 0 spiro atoms. The van der Waals surface area contributed by atoms with E-state index in [1.165, 1.54) is 12.1 Å². The SMILES string of the molecule is Cc1ccc2cc(C(=O)Nc3cnc4c(c3)nc3n4CCC3)n(Cc3cccc(F)c3)c2c1. The standard InChI is InChI=1S/C26H22FN5O/c1-16-7-8-18-12-23(32(22(18)10-16)15-17-4-2-5-19(27)11-17)26(33)29-20-13-21-25(28-14-20)31-9-3-6-24(31)30-21/h2,4-5,7-8,10-14H,3,6,9,15H2,1H3,(H,29,33). The van der Waals surface area contributed by atoms with Gasteiger partial charge in [-0.25, -0.2) is 14.4 Å². The lowest BCUT2D eigenvalue weighted by molar-refractivity contribution is 0.101. The summed E-state index contributed by atoms with van der Waals surface area (Å²) in [5, 5.41) is 3.94. The van der Waals surface area contributed by atoms with Gasteiger partial charge in [-0.05, 0) is 54.8 Å². The van der Waals surface area contributed by atoms with E-state index in [4.69, 9.17) is 0 Å². The molecule has 0 fully saturated rings. The van der Waals surface area contributed by atoms with Gasteiger partial charge in [-0.3, -0.25) is 4.79 Å². The number of hydrogen-bond acceptors (Lipinski definition) is 3. The van der Waals surface area contributed by atoms with Gasteiger partial charge in [0.1, 0.15) is 22.9 Å². The molecule has 1 aliphatic heterocycles. The quantitative estimate of drug-likeness (QED) is 0.425. The normalized spacial score (nSPS) is 13.0. The Kier molecular flexibility index (Phi) is 4.50. The van der Waals surface area contributed by atoms with Crippen molar-refractivity contribution in [1.29, 1.82) is 0 Å². The molecule has 6 nitrogen and oxygen atoms in total. The molecule has 0 saturated heterocycles. The number of fused-ring (bicyclic) bond motifs is 4. The summed E-state index contributed by atoms with van der Waals surface area (Å²) in [5.74, 6) is 0.511. The third-order valence-electron chi connectivity index (χ3n) is 6.23. The van der Waals surface area contributed by atoms with Crippen LogP contribution in [0.3, 0.4) is 0 Å². The van der Waals surface area contributed by atoms with Gasteiger partial charge >= 0.3 is 0 Å². The van der Waals surface area contributed by atoms with Crippen LogP contribution in [0.4, 0.5) is 10.1 Å². The van der Waals surface area contributed by atoms with Crippen LogP contribution in [0.1, 0.15) is 33.9 Å². The molecular formula is C26H22FN5O. The number of rotatable bonds is 4. The van der Waals surface area contributed by atoms with Crippen LogP contribution in [0.2, 0.25) is 0 Å². The first-order valence-electron chi connectivity index (χ1n) is 11.1. The van der Waals surface area contributed by atoms with E-state index in [1.807, 2.05) is 47.9 Å². The number of nitrogens with zero attached hydrogens (tertiary/aromatic N) is 4. The fraction of sp³-hybridized carbons (Fsp3) is 0.192. The lowest BCUT2D eigenvalue weighted by Gasteiger charge is -2.12. The number of hydrogen-bond donors (Lipinski definition) is 1. The van der Waals surface area contributed by atoms with Crippen molar-refractivity contribution in [3.05, 3.63) is 89.3 Å². The van der Waals surface area contributed by atoms with Crippen LogP contribution in [0, 0.1) is 12.7 Å². The van der Waals surface area contributed by atoms with E-state index in [2.05, 4.69) is 19.9 Å². The second kappa shape index (κ2) is 7.55. The van der Waals surface area contributed by atoms with E-state index in [0.29, 0.717) is 17.9 Å². The molecule has 33 heavy (non-hydrogen) atoms. The van der Waals surface area contributed by atoms with Gasteiger partial charge in [0.25, 0.3) is 5.91 Å². The molecule has 0 atom stereocenters. The van der Waals surface area contributed by atoms with Crippen molar-refractivity contribution in [3.63, 3.8) is 0 Å². The minimum absolute atomic E-state index is 0.242. The smallest absolute Gasteiger partial charge is 0.272 e. The van der Waals surface area contributed by atoms with E-state index < -0.39 is 0 Å². The first-order valence-corrected chi connectivity index (χ1v) is 11.1. The molecule has 0 unspecified atom stereocenters. The average Bonchev–Trinajstić information content (AvgIpc) is 3.47. The number of aryl methyl sites for hydroxylation is 3. The molecule has 3 aromatic heterocycles. The molecule has 7 heteroatoms. The summed E-state index contributed by atoms with van der Waals surface area (Å²) in [6, 6.07) is 16.3. The summed E-state index contributed by atoms with van der Waals surface area (Å²) in [6.07, 6.45) is 3.72. The van der Waals surface area contributed by atoms with Gasteiger partial charge in [0.2, 0.25) is 0 Å². The van der Waals surface area contributed by atoms with Gasteiger partial charge in [-0.1, -0.05) is 24.3 Å². The van der Waals surface area contributed by atoms with E-state index in [1.54, 1.807) is 12.3 Å². The number of benzene rings is 2. The third kappa shape index (κ3) is 3.46. The van der Waals surface area contributed by atoms with Crippen molar-refractivity contribution in [2.24, 2.45) is 0 Å². The van der Waals surface area contributed by atoms with Crippen LogP contribution in [-0.2, 0) is 19.5 Å². The van der Waals surface area contributed by atoms with Crippen LogP contribution in [-0.4, -0.2) is 25.0 Å². The highest BCUT2D eigenvalue weighted by atomic mass is 19.1. The van der Waals surface area contributed by atoms with Gasteiger partial charge in [0.15, 0.2) is 5.65 Å². The second-order valence-electron chi connectivity index (χ2n) is 8.61. The number of halogens is 1. The largest absolute Gasteiger partial charge is 0.332 e.